The van der Waals surface area contributed by atoms with E-state index in [1.165, 1.54) is 7.05 Å². The Balaban J connectivity index is 1.89. The number of carbonyl (C=O) groups is 1. The zero-order valence-electron chi connectivity index (χ0n) is 13.6. The maximum atomic E-state index is 12.9. The van der Waals surface area contributed by atoms with Crippen LogP contribution in [0.3, 0.4) is 0 Å². The molecule has 0 aromatic carbocycles. The molecule has 2 N–H and O–H groups in total. The number of hydrogen-bond acceptors (Lipinski definition) is 8. The molecule has 0 radical (unpaired) electrons. The van der Waals surface area contributed by atoms with Crippen LogP contribution >= 0.6 is 22.9 Å². The maximum Gasteiger partial charge on any atom is 0.421 e. The molecule has 1 aliphatic heterocycles. The van der Waals surface area contributed by atoms with Crippen LogP contribution in [0.25, 0.3) is 0 Å². The number of ether oxygens (including phenoxy) is 1. The fourth-order valence-corrected chi connectivity index (χ4v) is 3.67. The third-order valence-corrected chi connectivity index (χ3v) is 5.52. The lowest BCUT2D eigenvalue weighted by Gasteiger charge is -2.14. The number of halogens is 4. The molecule has 1 saturated heterocycles. The minimum Gasteiger partial charge on any atom is -0.465 e. The fourth-order valence-electron chi connectivity index (χ4n) is 2.36. The molecule has 3 rings (SSSR count). The van der Waals surface area contributed by atoms with Crippen LogP contribution in [0.15, 0.2) is 6.20 Å². The van der Waals surface area contributed by atoms with Gasteiger partial charge in [-0.2, -0.15) is 18.2 Å². The molecule has 0 spiro atoms. The first-order chi connectivity index (χ1) is 12.1. The minimum atomic E-state index is -4.58. The fraction of sp³-hybridized carbons (Fsp3) is 0.429. The molecular formula is C14H13ClF3N5O2S. The number of carbonyl (C=O) groups excluding carboxylic acids is 1. The number of nitrogens with one attached hydrogen (secondary N) is 2. The van der Waals surface area contributed by atoms with Gasteiger partial charge in [-0.3, -0.25) is 4.79 Å². The van der Waals surface area contributed by atoms with Gasteiger partial charge in [0.1, 0.15) is 26.8 Å². The summed E-state index contributed by atoms with van der Waals surface area (Å²) >= 11 is 7.19. The predicted octanol–water partition coefficient (Wildman–Crippen LogP) is 3.60. The Hall–Kier alpha value is -2.14. The lowest BCUT2D eigenvalue weighted by Crippen LogP contribution is -2.27. The van der Waals surface area contributed by atoms with E-state index < -0.39 is 23.1 Å². The van der Waals surface area contributed by atoms with Crippen LogP contribution in [-0.4, -0.2) is 34.6 Å². The quantitative estimate of drug-likeness (QED) is 0.748. The molecule has 2 aromatic heterocycles. The summed E-state index contributed by atoms with van der Waals surface area (Å²) in [5, 5.41) is 5.98. The van der Waals surface area contributed by atoms with Crippen molar-refractivity contribution in [2.75, 3.05) is 24.3 Å². The third kappa shape index (κ3) is 3.28. The summed E-state index contributed by atoms with van der Waals surface area (Å²) in [7, 11) is 1.33. The Morgan fingerprint density at radius 1 is 1.38 bits per heavy atom. The smallest absolute Gasteiger partial charge is 0.421 e. The molecule has 7 nitrogen and oxygen atoms in total. The van der Waals surface area contributed by atoms with Crippen molar-refractivity contribution in [3.8, 4) is 0 Å². The van der Waals surface area contributed by atoms with E-state index in [2.05, 4.69) is 25.6 Å². The summed E-state index contributed by atoms with van der Waals surface area (Å²) in [5.74, 6) is -0.849. The van der Waals surface area contributed by atoms with Crippen LogP contribution < -0.4 is 10.6 Å². The minimum absolute atomic E-state index is 0.0698. The standard InChI is InChI=1S/C14H13ClF3N5O2S/c1-13(3-4-25-11(13)24)10-21-7(15)9(26-10)23-12-20-5-6(14(16,17)18)8(19-2)22-12/h5H,3-4H2,1-2H3,(H2,19,20,22,23). The van der Waals surface area contributed by atoms with Crippen LogP contribution in [0.1, 0.15) is 23.9 Å². The van der Waals surface area contributed by atoms with Gasteiger partial charge in [0, 0.05) is 19.7 Å². The molecule has 2 aromatic rings. The Bertz CT molecular complexity index is 860. The molecule has 12 heteroatoms. The van der Waals surface area contributed by atoms with Crippen molar-refractivity contribution in [3.63, 3.8) is 0 Å². The second kappa shape index (κ2) is 6.54. The number of rotatable bonds is 4. The highest BCUT2D eigenvalue weighted by Gasteiger charge is 2.44. The van der Waals surface area contributed by atoms with Crippen LogP contribution in [-0.2, 0) is 21.1 Å². The highest BCUT2D eigenvalue weighted by Crippen LogP contribution is 2.42. The molecule has 0 aliphatic carbocycles. The number of thiazole rings is 1. The third-order valence-electron chi connectivity index (χ3n) is 3.90. The monoisotopic (exact) mass is 407 g/mol. The molecule has 3 heterocycles. The van der Waals surface area contributed by atoms with Crippen LogP contribution in [0.5, 0.6) is 0 Å². The first-order valence-electron chi connectivity index (χ1n) is 7.38. The van der Waals surface area contributed by atoms with Gasteiger partial charge in [0.05, 0.1) is 6.61 Å². The summed E-state index contributed by atoms with van der Waals surface area (Å²) in [5.41, 5.74) is -1.88. The van der Waals surface area contributed by atoms with E-state index in [0.29, 0.717) is 29.2 Å². The van der Waals surface area contributed by atoms with Gasteiger partial charge < -0.3 is 15.4 Å². The van der Waals surface area contributed by atoms with Gasteiger partial charge in [0.25, 0.3) is 0 Å². The number of anilines is 3. The zero-order valence-corrected chi connectivity index (χ0v) is 15.1. The highest BCUT2D eigenvalue weighted by atomic mass is 35.5. The predicted molar refractivity (Wildman–Crippen MR) is 89.9 cm³/mol. The van der Waals surface area contributed by atoms with Gasteiger partial charge in [-0.15, -0.1) is 0 Å². The molecule has 1 unspecified atom stereocenters. The summed E-state index contributed by atoms with van der Waals surface area (Å²) in [4.78, 5) is 23.6. The van der Waals surface area contributed by atoms with Crippen LogP contribution in [0.4, 0.5) is 29.9 Å². The van der Waals surface area contributed by atoms with E-state index in [-0.39, 0.29) is 16.9 Å². The molecule has 0 bridgehead atoms. The molecule has 26 heavy (non-hydrogen) atoms. The molecule has 1 atom stereocenters. The maximum absolute atomic E-state index is 12.9. The van der Waals surface area contributed by atoms with Crippen molar-refractivity contribution in [2.24, 2.45) is 0 Å². The summed E-state index contributed by atoms with van der Waals surface area (Å²) in [6.07, 6.45) is -3.44. The average Bonchev–Trinajstić information content (AvgIpc) is 3.10. The Kier molecular flexibility index (Phi) is 4.69. The number of hydrogen-bond donors (Lipinski definition) is 2. The van der Waals surface area contributed by atoms with E-state index in [4.69, 9.17) is 16.3 Å². The Labute approximate surface area is 155 Å². The first-order valence-corrected chi connectivity index (χ1v) is 8.57. The van der Waals surface area contributed by atoms with Gasteiger partial charge in [-0.25, -0.2) is 9.97 Å². The van der Waals surface area contributed by atoms with Gasteiger partial charge in [-0.1, -0.05) is 22.9 Å². The Morgan fingerprint density at radius 3 is 2.69 bits per heavy atom. The van der Waals surface area contributed by atoms with Crippen molar-refractivity contribution in [2.45, 2.75) is 24.9 Å². The number of cyclic esters (lactones) is 1. The number of nitrogens with zero attached hydrogens (tertiary/aromatic N) is 3. The van der Waals surface area contributed by atoms with Crippen molar-refractivity contribution < 1.29 is 22.7 Å². The molecule has 0 saturated carbocycles. The SMILES string of the molecule is CNc1nc(Nc2sc(C3(C)CCOC3=O)nc2Cl)ncc1C(F)(F)F. The largest absolute Gasteiger partial charge is 0.465 e. The Morgan fingerprint density at radius 2 is 2.12 bits per heavy atom. The first kappa shape index (κ1) is 18.6. The van der Waals surface area contributed by atoms with E-state index in [0.717, 1.165) is 11.3 Å². The highest BCUT2D eigenvalue weighted by molar-refractivity contribution is 7.16. The van der Waals surface area contributed by atoms with E-state index in [1.54, 1.807) is 6.92 Å². The molecular weight excluding hydrogens is 395 g/mol. The topological polar surface area (TPSA) is 89.0 Å². The summed E-state index contributed by atoms with van der Waals surface area (Å²) in [6, 6.07) is 0. The second-order valence-corrected chi connectivity index (χ2v) is 7.04. The van der Waals surface area contributed by atoms with E-state index in [9.17, 15) is 18.0 Å². The van der Waals surface area contributed by atoms with Crippen molar-refractivity contribution in [3.05, 3.63) is 21.9 Å². The van der Waals surface area contributed by atoms with Crippen LogP contribution in [0, 0.1) is 0 Å². The van der Waals surface area contributed by atoms with Gasteiger partial charge in [0.15, 0.2) is 5.15 Å². The molecule has 0 amide bonds. The second-order valence-electron chi connectivity index (χ2n) is 5.69. The normalized spacial score (nSPS) is 20.2. The summed E-state index contributed by atoms with van der Waals surface area (Å²) in [6.45, 7) is 2.00. The molecule has 1 aliphatic rings. The number of aromatic nitrogens is 3. The lowest BCUT2D eigenvalue weighted by molar-refractivity contribution is -0.142. The van der Waals surface area contributed by atoms with Crippen LogP contribution in [0.2, 0.25) is 5.15 Å². The van der Waals surface area contributed by atoms with Crippen molar-refractivity contribution in [1.29, 1.82) is 0 Å². The van der Waals surface area contributed by atoms with Gasteiger partial charge in [0.2, 0.25) is 5.95 Å². The number of esters is 1. The van der Waals surface area contributed by atoms with Crippen molar-refractivity contribution in [1.82, 2.24) is 15.0 Å². The van der Waals surface area contributed by atoms with Gasteiger partial charge >= 0.3 is 12.1 Å². The van der Waals surface area contributed by atoms with Gasteiger partial charge in [-0.05, 0) is 6.92 Å². The molecule has 140 valence electrons. The molecule has 1 fully saturated rings. The average molecular weight is 408 g/mol. The lowest BCUT2D eigenvalue weighted by atomic mass is 9.90. The van der Waals surface area contributed by atoms with E-state index >= 15 is 0 Å². The number of alkyl halides is 3. The van der Waals surface area contributed by atoms with E-state index in [1.807, 2.05) is 0 Å². The van der Waals surface area contributed by atoms with Crippen molar-refractivity contribution >= 4 is 45.7 Å². The zero-order chi connectivity index (χ0) is 19.1. The summed E-state index contributed by atoms with van der Waals surface area (Å²) < 4.78 is 43.7.